The summed E-state index contributed by atoms with van der Waals surface area (Å²) in [5.41, 5.74) is 2.47. The number of carbonyl (C=O) groups excluding carboxylic acids is 1. The van der Waals surface area contributed by atoms with E-state index in [2.05, 4.69) is 28.4 Å². The van der Waals surface area contributed by atoms with Crippen LogP contribution in [-0.2, 0) is 11.2 Å². The van der Waals surface area contributed by atoms with Gasteiger partial charge < -0.3 is 10.2 Å². The standard InChI is InChI=1S/C14H18N2O.2C2H6/c17-14-6-5-11-3-1-2-4-13(11)16(14)12-7-9-15-10-8-12;2*1-2/h1-4,12,15H,5-10H2;2*1-2H3. The highest BCUT2D eigenvalue weighted by atomic mass is 16.2. The molecule has 0 unspecified atom stereocenters. The van der Waals surface area contributed by atoms with E-state index in [0.717, 1.165) is 38.0 Å². The summed E-state index contributed by atoms with van der Waals surface area (Å²) in [5.74, 6) is 0.301. The molecule has 2 heterocycles. The number of carbonyl (C=O) groups is 1. The van der Waals surface area contributed by atoms with Gasteiger partial charge in [0.05, 0.1) is 0 Å². The molecule has 1 saturated heterocycles. The van der Waals surface area contributed by atoms with Crippen molar-refractivity contribution in [3.05, 3.63) is 29.8 Å². The van der Waals surface area contributed by atoms with Crippen molar-refractivity contribution in [1.82, 2.24) is 5.32 Å². The summed E-state index contributed by atoms with van der Waals surface area (Å²) in [6, 6.07) is 8.73. The lowest BCUT2D eigenvalue weighted by molar-refractivity contribution is -0.119. The molecule has 1 aromatic rings. The monoisotopic (exact) mass is 290 g/mol. The number of hydrogen-bond acceptors (Lipinski definition) is 2. The van der Waals surface area contributed by atoms with Crippen LogP contribution in [0.2, 0.25) is 0 Å². The highest BCUT2D eigenvalue weighted by molar-refractivity contribution is 5.97. The van der Waals surface area contributed by atoms with Gasteiger partial charge in [0.1, 0.15) is 0 Å². The maximum Gasteiger partial charge on any atom is 0.227 e. The number of nitrogens with one attached hydrogen (secondary N) is 1. The van der Waals surface area contributed by atoms with Gasteiger partial charge >= 0.3 is 0 Å². The van der Waals surface area contributed by atoms with Crippen LogP contribution in [0, 0.1) is 0 Å². The summed E-state index contributed by atoms with van der Waals surface area (Å²) in [7, 11) is 0. The number of amides is 1. The topological polar surface area (TPSA) is 32.3 Å². The number of fused-ring (bicyclic) bond motifs is 1. The van der Waals surface area contributed by atoms with Crippen LogP contribution >= 0.6 is 0 Å². The van der Waals surface area contributed by atoms with Gasteiger partial charge in [-0.15, -0.1) is 0 Å². The van der Waals surface area contributed by atoms with Gasteiger partial charge in [-0.05, 0) is 44.0 Å². The lowest BCUT2D eigenvalue weighted by Gasteiger charge is -2.38. The van der Waals surface area contributed by atoms with Crippen molar-refractivity contribution in [3.63, 3.8) is 0 Å². The van der Waals surface area contributed by atoms with Gasteiger partial charge in [0, 0.05) is 18.2 Å². The first-order chi connectivity index (χ1) is 10.4. The van der Waals surface area contributed by atoms with Gasteiger partial charge in [0.25, 0.3) is 0 Å². The predicted octanol–water partition coefficient (Wildman–Crippen LogP) is 3.77. The van der Waals surface area contributed by atoms with Crippen LogP contribution in [0.5, 0.6) is 0 Å². The van der Waals surface area contributed by atoms with Crippen molar-refractivity contribution in [1.29, 1.82) is 0 Å². The van der Waals surface area contributed by atoms with Crippen molar-refractivity contribution in [2.24, 2.45) is 0 Å². The van der Waals surface area contributed by atoms with E-state index in [1.54, 1.807) is 0 Å². The molecule has 0 aliphatic carbocycles. The maximum atomic E-state index is 12.2. The first-order valence-corrected chi connectivity index (χ1v) is 8.47. The van der Waals surface area contributed by atoms with Gasteiger partial charge in [0.15, 0.2) is 0 Å². The Morgan fingerprint density at radius 3 is 2.29 bits per heavy atom. The maximum absolute atomic E-state index is 12.2. The minimum Gasteiger partial charge on any atom is -0.317 e. The first kappa shape index (κ1) is 17.7. The molecule has 0 atom stereocenters. The Morgan fingerprint density at radius 1 is 1.00 bits per heavy atom. The predicted molar refractivity (Wildman–Crippen MR) is 90.8 cm³/mol. The summed E-state index contributed by atoms with van der Waals surface area (Å²) in [4.78, 5) is 14.2. The van der Waals surface area contributed by atoms with Crippen molar-refractivity contribution in [3.8, 4) is 0 Å². The van der Waals surface area contributed by atoms with Crippen LogP contribution in [0.25, 0.3) is 0 Å². The number of rotatable bonds is 1. The number of hydrogen-bond donors (Lipinski definition) is 1. The van der Waals surface area contributed by atoms with Gasteiger partial charge in [-0.25, -0.2) is 0 Å². The molecule has 0 aromatic heterocycles. The van der Waals surface area contributed by atoms with Crippen LogP contribution in [0.15, 0.2) is 24.3 Å². The number of para-hydroxylation sites is 1. The van der Waals surface area contributed by atoms with E-state index >= 15 is 0 Å². The number of anilines is 1. The Balaban J connectivity index is 0.000000510. The third kappa shape index (κ3) is 4.31. The van der Waals surface area contributed by atoms with E-state index in [-0.39, 0.29) is 0 Å². The van der Waals surface area contributed by atoms with Crippen molar-refractivity contribution in [2.75, 3.05) is 18.0 Å². The number of nitrogens with zero attached hydrogens (tertiary/aromatic N) is 1. The summed E-state index contributed by atoms with van der Waals surface area (Å²) in [6.45, 7) is 10.0. The minimum absolute atomic E-state index is 0.301. The minimum atomic E-state index is 0.301. The average molecular weight is 290 g/mol. The number of benzene rings is 1. The Bertz CT molecular complexity index is 425. The molecule has 2 aliphatic heterocycles. The summed E-state index contributed by atoms with van der Waals surface area (Å²) >= 11 is 0. The van der Waals surface area contributed by atoms with E-state index in [1.165, 1.54) is 5.56 Å². The highest BCUT2D eigenvalue weighted by Gasteiger charge is 2.30. The molecule has 3 nitrogen and oxygen atoms in total. The van der Waals surface area contributed by atoms with E-state index in [0.29, 0.717) is 18.4 Å². The highest BCUT2D eigenvalue weighted by Crippen LogP contribution is 2.31. The van der Waals surface area contributed by atoms with Gasteiger partial charge in [-0.1, -0.05) is 45.9 Å². The quantitative estimate of drug-likeness (QED) is 0.854. The fraction of sp³-hybridized carbons (Fsp3) is 0.611. The van der Waals surface area contributed by atoms with Crippen LogP contribution in [0.1, 0.15) is 52.5 Å². The fourth-order valence-electron chi connectivity index (χ4n) is 2.92. The second-order valence-corrected chi connectivity index (χ2v) is 4.87. The normalized spacial score (nSPS) is 17.9. The second kappa shape index (κ2) is 9.56. The first-order valence-electron chi connectivity index (χ1n) is 8.47. The fourth-order valence-corrected chi connectivity index (χ4v) is 2.92. The van der Waals surface area contributed by atoms with E-state index in [9.17, 15) is 4.79 Å². The van der Waals surface area contributed by atoms with Crippen LogP contribution < -0.4 is 10.2 Å². The smallest absolute Gasteiger partial charge is 0.227 e. The van der Waals surface area contributed by atoms with Crippen molar-refractivity contribution >= 4 is 11.6 Å². The third-order valence-corrected chi connectivity index (χ3v) is 3.80. The van der Waals surface area contributed by atoms with Gasteiger partial charge in [0.2, 0.25) is 5.91 Å². The van der Waals surface area contributed by atoms with Crippen LogP contribution in [-0.4, -0.2) is 25.0 Å². The zero-order valence-corrected chi connectivity index (χ0v) is 14.0. The molecule has 1 amide bonds. The van der Waals surface area contributed by atoms with Crippen LogP contribution in [0.4, 0.5) is 5.69 Å². The van der Waals surface area contributed by atoms with Crippen molar-refractivity contribution in [2.45, 2.75) is 59.4 Å². The Labute approximate surface area is 129 Å². The molecule has 1 aromatic carbocycles. The molecule has 1 N–H and O–H groups in total. The lowest BCUT2D eigenvalue weighted by Crippen LogP contribution is -2.48. The molecule has 0 bridgehead atoms. The Morgan fingerprint density at radius 2 is 1.62 bits per heavy atom. The number of aryl methyl sites for hydroxylation is 1. The van der Waals surface area contributed by atoms with E-state index in [4.69, 9.17) is 0 Å². The lowest BCUT2D eigenvalue weighted by atomic mass is 9.96. The van der Waals surface area contributed by atoms with Gasteiger partial charge in [-0.3, -0.25) is 4.79 Å². The molecule has 118 valence electrons. The van der Waals surface area contributed by atoms with E-state index in [1.807, 2.05) is 33.8 Å². The largest absolute Gasteiger partial charge is 0.317 e. The van der Waals surface area contributed by atoms with Crippen molar-refractivity contribution < 1.29 is 4.79 Å². The molecular formula is C18H30N2O. The molecule has 3 heteroatoms. The number of piperidine rings is 1. The van der Waals surface area contributed by atoms with E-state index < -0.39 is 0 Å². The molecule has 3 rings (SSSR count). The average Bonchev–Trinajstić information content (AvgIpc) is 2.59. The molecule has 0 saturated carbocycles. The van der Waals surface area contributed by atoms with Crippen LogP contribution in [0.3, 0.4) is 0 Å². The molecular weight excluding hydrogens is 260 g/mol. The second-order valence-electron chi connectivity index (χ2n) is 4.87. The van der Waals surface area contributed by atoms with Gasteiger partial charge in [-0.2, -0.15) is 0 Å². The SMILES string of the molecule is CC.CC.O=C1CCc2ccccc2N1C1CCNCC1. The summed E-state index contributed by atoms with van der Waals surface area (Å²) in [5, 5.41) is 3.35. The summed E-state index contributed by atoms with van der Waals surface area (Å²) in [6.07, 6.45) is 3.71. The molecule has 21 heavy (non-hydrogen) atoms. The molecule has 2 aliphatic rings. The molecule has 0 spiro atoms. The Hall–Kier alpha value is -1.35. The summed E-state index contributed by atoms with van der Waals surface area (Å²) < 4.78 is 0. The molecule has 1 fully saturated rings. The Kier molecular flexibility index (Phi) is 8.06. The third-order valence-electron chi connectivity index (χ3n) is 3.80. The zero-order chi connectivity index (χ0) is 15.7. The zero-order valence-electron chi connectivity index (χ0n) is 14.0. The molecule has 0 radical (unpaired) electrons.